The molecule has 118 valence electrons. The predicted octanol–water partition coefficient (Wildman–Crippen LogP) is 3.18. The molecule has 0 fully saturated rings. The highest BCUT2D eigenvalue weighted by Crippen LogP contribution is 2.24. The normalized spacial score (nSPS) is 13.5. The monoisotopic (exact) mass is 291 g/mol. The number of para-hydroxylation sites is 2. The maximum atomic E-state index is 12.4. The molecule has 0 aliphatic heterocycles. The van der Waals surface area contributed by atoms with E-state index in [0.29, 0.717) is 5.69 Å². The molecule has 0 aliphatic carbocycles. The Morgan fingerprint density at radius 1 is 1.24 bits per heavy atom. The summed E-state index contributed by atoms with van der Waals surface area (Å²) in [5.41, 5.74) is 7.72. The second-order valence-corrected chi connectivity index (χ2v) is 5.63. The van der Waals surface area contributed by atoms with Crippen LogP contribution in [0.1, 0.15) is 47.0 Å². The van der Waals surface area contributed by atoms with Crippen LogP contribution in [0.5, 0.6) is 0 Å². The van der Waals surface area contributed by atoms with Gasteiger partial charge in [0.05, 0.1) is 11.4 Å². The predicted molar refractivity (Wildman–Crippen MR) is 90.5 cm³/mol. The zero-order chi connectivity index (χ0) is 15.8. The minimum absolute atomic E-state index is 0.0626. The largest absolute Gasteiger partial charge is 0.397 e. The molecular weight excluding hydrogens is 262 g/mol. The molecule has 0 heterocycles. The fourth-order valence-corrected chi connectivity index (χ4v) is 2.52. The lowest BCUT2D eigenvalue weighted by Crippen LogP contribution is -2.48. The van der Waals surface area contributed by atoms with Crippen molar-refractivity contribution in [3.63, 3.8) is 0 Å². The van der Waals surface area contributed by atoms with Crippen LogP contribution in [0.15, 0.2) is 24.3 Å². The van der Waals surface area contributed by atoms with Crippen molar-refractivity contribution in [1.29, 1.82) is 0 Å². The van der Waals surface area contributed by atoms with Crippen molar-refractivity contribution in [2.75, 3.05) is 17.2 Å². The number of hydrogen-bond acceptors (Lipinski definition) is 3. The Labute approximate surface area is 128 Å². The number of nitrogens with zero attached hydrogens (tertiary/aromatic N) is 1. The second-order valence-electron chi connectivity index (χ2n) is 5.63. The molecule has 0 bridgehead atoms. The zero-order valence-corrected chi connectivity index (χ0v) is 13.7. The van der Waals surface area contributed by atoms with Gasteiger partial charge in [-0.2, -0.15) is 0 Å². The smallest absolute Gasteiger partial charge is 0.242 e. The molecule has 2 atom stereocenters. The Kier molecular flexibility index (Phi) is 7.06. The number of anilines is 2. The lowest BCUT2D eigenvalue weighted by atomic mass is 10.1. The summed E-state index contributed by atoms with van der Waals surface area (Å²) in [5, 5.41) is 3.09. The van der Waals surface area contributed by atoms with Crippen molar-refractivity contribution in [2.24, 2.45) is 0 Å². The SMILES string of the molecule is CCCC(C)NC(=O)C(C)N(CCC)c1ccccc1N. The summed E-state index contributed by atoms with van der Waals surface area (Å²) in [6, 6.07) is 7.71. The lowest BCUT2D eigenvalue weighted by Gasteiger charge is -2.32. The van der Waals surface area contributed by atoms with Gasteiger partial charge in [-0.25, -0.2) is 0 Å². The first-order valence-corrected chi connectivity index (χ1v) is 7.92. The highest BCUT2D eigenvalue weighted by Gasteiger charge is 2.23. The van der Waals surface area contributed by atoms with Gasteiger partial charge in [-0.05, 0) is 38.8 Å². The number of nitrogens with two attached hydrogens (primary N) is 1. The molecule has 21 heavy (non-hydrogen) atoms. The summed E-state index contributed by atoms with van der Waals surface area (Å²) < 4.78 is 0. The minimum Gasteiger partial charge on any atom is -0.397 e. The zero-order valence-electron chi connectivity index (χ0n) is 13.7. The standard InChI is InChI=1S/C17H29N3O/c1-5-9-13(3)19-17(21)14(4)20(12-6-2)16-11-8-7-10-15(16)18/h7-8,10-11,13-14H,5-6,9,12,18H2,1-4H3,(H,19,21). The third-order valence-electron chi connectivity index (χ3n) is 3.67. The summed E-state index contributed by atoms with van der Waals surface area (Å²) in [6.45, 7) is 9.03. The lowest BCUT2D eigenvalue weighted by molar-refractivity contribution is -0.122. The van der Waals surface area contributed by atoms with Gasteiger partial charge >= 0.3 is 0 Å². The number of nitrogens with one attached hydrogen (secondary N) is 1. The molecule has 1 amide bonds. The Morgan fingerprint density at radius 3 is 2.48 bits per heavy atom. The summed E-state index contributed by atoms with van der Waals surface area (Å²) in [6.07, 6.45) is 3.04. The van der Waals surface area contributed by atoms with Crippen LogP contribution >= 0.6 is 0 Å². The molecule has 3 N–H and O–H groups in total. The van der Waals surface area contributed by atoms with Gasteiger partial charge in [0.2, 0.25) is 5.91 Å². The Hall–Kier alpha value is -1.71. The van der Waals surface area contributed by atoms with Gasteiger partial charge in [-0.1, -0.05) is 32.4 Å². The molecule has 0 saturated heterocycles. The van der Waals surface area contributed by atoms with Crippen molar-refractivity contribution >= 4 is 17.3 Å². The van der Waals surface area contributed by atoms with Gasteiger partial charge < -0.3 is 16.0 Å². The van der Waals surface area contributed by atoms with Crippen molar-refractivity contribution in [2.45, 2.75) is 59.0 Å². The van der Waals surface area contributed by atoms with Crippen LogP contribution in [-0.2, 0) is 4.79 Å². The fraction of sp³-hybridized carbons (Fsp3) is 0.588. The molecule has 1 aromatic rings. The molecule has 4 nitrogen and oxygen atoms in total. The van der Waals surface area contributed by atoms with Crippen LogP contribution in [0.3, 0.4) is 0 Å². The summed E-state index contributed by atoms with van der Waals surface area (Å²) >= 11 is 0. The molecule has 1 aromatic carbocycles. The average molecular weight is 291 g/mol. The third-order valence-corrected chi connectivity index (χ3v) is 3.67. The van der Waals surface area contributed by atoms with E-state index in [1.807, 2.05) is 31.2 Å². The molecule has 0 spiro atoms. The van der Waals surface area contributed by atoms with Gasteiger partial charge in [-0.15, -0.1) is 0 Å². The van der Waals surface area contributed by atoms with Gasteiger partial charge in [0.15, 0.2) is 0 Å². The minimum atomic E-state index is -0.228. The highest BCUT2D eigenvalue weighted by molar-refractivity contribution is 5.86. The molecule has 0 saturated carbocycles. The van der Waals surface area contributed by atoms with Crippen LogP contribution < -0.4 is 16.0 Å². The van der Waals surface area contributed by atoms with Crippen LogP contribution in [0.25, 0.3) is 0 Å². The van der Waals surface area contributed by atoms with E-state index in [4.69, 9.17) is 5.73 Å². The van der Waals surface area contributed by atoms with Crippen LogP contribution in [0, 0.1) is 0 Å². The summed E-state index contributed by atoms with van der Waals surface area (Å²) in [7, 11) is 0. The highest BCUT2D eigenvalue weighted by atomic mass is 16.2. The number of carbonyl (C=O) groups excluding carboxylic acids is 1. The average Bonchev–Trinajstić information content (AvgIpc) is 2.45. The van der Waals surface area contributed by atoms with E-state index in [0.717, 1.165) is 31.5 Å². The first kappa shape index (κ1) is 17.3. The van der Waals surface area contributed by atoms with Crippen molar-refractivity contribution in [3.05, 3.63) is 24.3 Å². The topological polar surface area (TPSA) is 58.4 Å². The van der Waals surface area contributed by atoms with Crippen molar-refractivity contribution in [3.8, 4) is 0 Å². The van der Waals surface area contributed by atoms with E-state index in [1.54, 1.807) is 0 Å². The number of nitrogen functional groups attached to an aromatic ring is 1. The molecule has 0 radical (unpaired) electrons. The Morgan fingerprint density at radius 2 is 1.90 bits per heavy atom. The number of rotatable bonds is 8. The van der Waals surface area contributed by atoms with E-state index >= 15 is 0 Å². The quantitative estimate of drug-likeness (QED) is 0.723. The van der Waals surface area contributed by atoms with E-state index in [9.17, 15) is 4.79 Å². The third kappa shape index (κ3) is 4.96. The number of carbonyl (C=O) groups is 1. The van der Waals surface area contributed by atoms with Crippen molar-refractivity contribution < 1.29 is 4.79 Å². The molecular formula is C17H29N3O. The maximum Gasteiger partial charge on any atom is 0.242 e. The van der Waals surface area contributed by atoms with Gasteiger partial charge in [-0.3, -0.25) is 4.79 Å². The van der Waals surface area contributed by atoms with Crippen molar-refractivity contribution in [1.82, 2.24) is 5.32 Å². The van der Waals surface area contributed by atoms with Crippen LogP contribution in [-0.4, -0.2) is 24.5 Å². The van der Waals surface area contributed by atoms with Crippen LogP contribution in [0.4, 0.5) is 11.4 Å². The Balaban J connectivity index is 2.85. The molecule has 0 aromatic heterocycles. The second kappa shape index (κ2) is 8.55. The van der Waals surface area contributed by atoms with Gasteiger partial charge in [0.1, 0.15) is 6.04 Å². The van der Waals surface area contributed by atoms with E-state index < -0.39 is 0 Å². The van der Waals surface area contributed by atoms with E-state index in [1.165, 1.54) is 0 Å². The number of hydrogen-bond donors (Lipinski definition) is 2. The van der Waals surface area contributed by atoms with E-state index in [-0.39, 0.29) is 18.0 Å². The van der Waals surface area contributed by atoms with E-state index in [2.05, 4.69) is 31.0 Å². The number of benzene rings is 1. The van der Waals surface area contributed by atoms with Gasteiger partial charge in [0.25, 0.3) is 0 Å². The summed E-state index contributed by atoms with van der Waals surface area (Å²) in [5.74, 6) is 0.0626. The molecule has 2 unspecified atom stereocenters. The Bertz CT molecular complexity index is 447. The first-order chi connectivity index (χ1) is 10.0. The number of amides is 1. The maximum absolute atomic E-state index is 12.4. The molecule has 1 rings (SSSR count). The molecule has 0 aliphatic rings. The first-order valence-electron chi connectivity index (χ1n) is 7.92. The van der Waals surface area contributed by atoms with Gasteiger partial charge in [0, 0.05) is 12.6 Å². The van der Waals surface area contributed by atoms with Crippen LogP contribution in [0.2, 0.25) is 0 Å². The molecule has 4 heteroatoms. The summed E-state index contributed by atoms with van der Waals surface area (Å²) in [4.78, 5) is 14.5. The fourth-order valence-electron chi connectivity index (χ4n) is 2.52.